The molecule has 19 heavy (non-hydrogen) atoms. The second-order valence-electron chi connectivity index (χ2n) is 7.01. The first-order valence-corrected chi connectivity index (χ1v) is 7.82. The van der Waals surface area contributed by atoms with Crippen LogP contribution in [-0.4, -0.2) is 9.97 Å². The Kier molecular flexibility index (Phi) is 4.86. The predicted octanol–water partition coefficient (Wildman–Crippen LogP) is 5.30. The summed E-state index contributed by atoms with van der Waals surface area (Å²) in [5, 5.41) is 0. The topological polar surface area (TPSA) is 28.7 Å². The number of aromatic nitrogens is 2. The number of nitrogens with zero attached hydrogens (tertiary/aromatic N) is 1. The summed E-state index contributed by atoms with van der Waals surface area (Å²) in [5.74, 6) is 1.60. The molecule has 1 rings (SSSR count). The molecule has 1 heterocycles. The van der Waals surface area contributed by atoms with E-state index in [0.29, 0.717) is 5.92 Å². The highest BCUT2D eigenvalue weighted by Gasteiger charge is 2.34. The first-order chi connectivity index (χ1) is 8.71. The summed E-state index contributed by atoms with van der Waals surface area (Å²) in [6.07, 6.45) is 3.41. The van der Waals surface area contributed by atoms with E-state index in [4.69, 9.17) is 4.98 Å². The highest BCUT2D eigenvalue weighted by Crippen LogP contribution is 2.39. The molecule has 0 aliphatic carbocycles. The van der Waals surface area contributed by atoms with Gasteiger partial charge >= 0.3 is 0 Å². The zero-order chi connectivity index (χ0) is 14.8. The fourth-order valence-corrected chi connectivity index (χ4v) is 2.36. The molecule has 0 amide bonds. The quantitative estimate of drug-likeness (QED) is 0.742. The average molecular weight is 264 g/mol. The van der Waals surface area contributed by atoms with Gasteiger partial charge in [-0.2, -0.15) is 0 Å². The van der Waals surface area contributed by atoms with Crippen molar-refractivity contribution in [2.45, 2.75) is 91.4 Å². The van der Waals surface area contributed by atoms with Crippen molar-refractivity contribution in [2.24, 2.45) is 0 Å². The third kappa shape index (κ3) is 3.04. The average Bonchev–Trinajstić information content (AvgIpc) is 2.84. The predicted molar refractivity (Wildman–Crippen MR) is 83.9 cm³/mol. The van der Waals surface area contributed by atoms with Crippen molar-refractivity contribution in [2.75, 3.05) is 0 Å². The lowest BCUT2D eigenvalue weighted by Gasteiger charge is -2.31. The van der Waals surface area contributed by atoms with Crippen LogP contribution in [0.2, 0.25) is 0 Å². The monoisotopic (exact) mass is 264 g/mol. The van der Waals surface area contributed by atoms with Crippen LogP contribution < -0.4 is 0 Å². The third-order valence-electron chi connectivity index (χ3n) is 4.96. The Bertz CT molecular complexity index is 409. The van der Waals surface area contributed by atoms with Gasteiger partial charge in [-0.3, -0.25) is 0 Å². The standard InChI is InChI=1S/C17H32N2/c1-9-16(6,7)13-14(17(8,10-2)11-3)19-15(18-13)12(4)5/h12H,9-11H2,1-8H3,(H,18,19). The fourth-order valence-electron chi connectivity index (χ4n) is 2.36. The Labute approximate surface area is 119 Å². The van der Waals surface area contributed by atoms with E-state index in [0.717, 1.165) is 25.1 Å². The van der Waals surface area contributed by atoms with E-state index in [9.17, 15) is 0 Å². The molecule has 0 atom stereocenters. The molecule has 110 valence electrons. The molecule has 0 spiro atoms. The summed E-state index contributed by atoms with van der Waals surface area (Å²) in [7, 11) is 0. The number of hydrogen-bond acceptors (Lipinski definition) is 1. The minimum atomic E-state index is 0.143. The number of rotatable bonds is 6. The van der Waals surface area contributed by atoms with E-state index in [1.165, 1.54) is 11.4 Å². The maximum absolute atomic E-state index is 4.96. The molecule has 0 aliphatic rings. The van der Waals surface area contributed by atoms with Crippen molar-refractivity contribution in [3.63, 3.8) is 0 Å². The van der Waals surface area contributed by atoms with Crippen molar-refractivity contribution in [1.29, 1.82) is 0 Å². The van der Waals surface area contributed by atoms with Crippen LogP contribution in [-0.2, 0) is 10.8 Å². The summed E-state index contributed by atoms with van der Waals surface area (Å²) in [6.45, 7) is 18.2. The largest absolute Gasteiger partial charge is 0.345 e. The Hall–Kier alpha value is -0.790. The second kappa shape index (κ2) is 5.68. The van der Waals surface area contributed by atoms with Gasteiger partial charge in [-0.1, -0.05) is 55.4 Å². The number of imidazole rings is 1. The van der Waals surface area contributed by atoms with Crippen molar-refractivity contribution in [3.8, 4) is 0 Å². The Morgan fingerprint density at radius 3 is 1.89 bits per heavy atom. The van der Waals surface area contributed by atoms with E-state index in [1.807, 2.05) is 0 Å². The number of hydrogen-bond donors (Lipinski definition) is 1. The van der Waals surface area contributed by atoms with Crippen LogP contribution >= 0.6 is 0 Å². The SMILES string of the molecule is CCC(C)(C)c1nc(C(C)C)[nH]c1C(C)(CC)CC. The second-order valence-corrected chi connectivity index (χ2v) is 7.01. The van der Waals surface area contributed by atoms with E-state index in [1.54, 1.807) is 0 Å². The molecule has 0 saturated heterocycles. The van der Waals surface area contributed by atoms with Crippen LogP contribution in [0, 0.1) is 0 Å². The summed E-state index contributed by atoms with van der Waals surface area (Å²) >= 11 is 0. The van der Waals surface area contributed by atoms with Crippen LogP contribution in [0.1, 0.15) is 97.8 Å². The summed E-state index contributed by atoms with van der Waals surface area (Å²) in [5.41, 5.74) is 3.00. The Morgan fingerprint density at radius 1 is 1.00 bits per heavy atom. The van der Waals surface area contributed by atoms with Gasteiger partial charge in [-0.25, -0.2) is 4.98 Å². The maximum atomic E-state index is 4.96. The van der Waals surface area contributed by atoms with Crippen LogP contribution in [0.5, 0.6) is 0 Å². The van der Waals surface area contributed by atoms with Gasteiger partial charge in [0.15, 0.2) is 0 Å². The lowest BCUT2D eigenvalue weighted by atomic mass is 9.75. The van der Waals surface area contributed by atoms with Crippen LogP contribution in [0.15, 0.2) is 0 Å². The molecule has 0 radical (unpaired) electrons. The van der Waals surface area contributed by atoms with E-state index < -0.39 is 0 Å². The zero-order valence-corrected chi connectivity index (χ0v) is 14.1. The summed E-state index contributed by atoms with van der Waals surface area (Å²) in [4.78, 5) is 8.61. The molecule has 0 bridgehead atoms. The summed E-state index contributed by atoms with van der Waals surface area (Å²) in [6, 6.07) is 0. The Balaban J connectivity index is 3.44. The molecule has 0 saturated carbocycles. The number of H-pyrrole nitrogens is 1. The van der Waals surface area contributed by atoms with Gasteiger partial charge in [0.1, 0.15) is 5.82 Å². The van der Waals surface area contributed by atoms with Gasteiger partial charge < -0.3 is 4.98 Å². The lowest BCUT2D eigenvalue weighted by Crippen LogP contribution is -2.27. The maximum Gasteiger partial charge on any atom is 0.109 e. The molecule has 2 heteroatoms. The Morgan fingerprint density at radius 2 is 1.53 bits per heavy atom. The molecule has 0 aromatic carbocycles. The first-order valence-electron chi connectivity index (χ1n) is 7.82. The van der Waals surface area contributed by atoms with Crippen molar-refractivity contribution in [1.82, 2.24) is 9.97 Å². The van der Waals surface area contributed by atoms with Gasteiger partial charge in [0, 0.05) is 22.4 Å². The normalized spacial score (nSPS) is 13.3. The van der Waals surface area contributed by atoms with Crippen LogP contribution in [0.3, 0.4) is 0 Å². The van der Waals surface area contributed by atoms with Crippen molar-refractivity contribution in [3.05, 3.63) is 17.2 Å². The molecule has 2 nitrogen and oxygen atoms in total. The van der Waals surface area contributed by atoms with Gasteiger partial charge in [0.2, 0.25) is 0 Å². The molecular formula is C17H32N2. The molecule has 1 N–H and O–H groups in total. The van der Waals surface area contributed by atoms with Gasteiger partial charge in [-0.15, -0.1) is 0 Å². The lowest BCUT2D eigenvalue weighted by molar-refractivity contribution is 0.402. The number of aromatic amines is 1. The van der Waals surface area contributed by atoms with E-state index in [2.05, 4.69) is 60.4 Å². The van der Waals surface area contributed by atoms with Crippen LogP contribution in [0.4, 0.5) is 0 Å². The van der Waals surface area contributed by atoms with E-state index >= 15 is 0 Å². The third-order valence-corrected chi connectivity index (χ3v) is 4.96. The first kappa shape index (κ1) is 16.3. The van der Waals surface area contributed by atoms with Crippen molar-refractivity contribution < 1.29 is 0 Å². The highest BCUT2D eigenvalue weighted by molar-refractivity contribution is 5.30. The molecule has 0 aliphatic heterocycles. The number of nitrogens with one attached hydrogen (secondary N) is 1. The van der Waals surface area contributed by atoms with E-state index in [-0.39, 0.29) is 10.8 Å². The zero-order valence-electron chi connectivity index (χ0n) is 14.1. The molecule has 1 aromatic rings. The fraction of sp³-hybridized carbons (Fsp3) is 0.824. The molecular weight excluding hydrogens is 232 g/mol. The molecule has 1 aromatic heterocycles. The van der Waals surface area contributed by atoms with Gasteiger partial charge in [-0.05, 0) is 19.3 Å². The highest BCUT2D eigenvalue weighted by atomic mass is 15.0. The molecule has 0 fully saturated rings. The summed E-state index contributed by atoms with van der Waals surface area (Å²) < 4.78 is 0. The minimum absolute atomic E-state index is 0.143. The minimum Gasteiger partial charge on any atom is -0.345 e. The molecule has 0 unspecified atom stereocenters. The van der Waals surface area contributed by atoms with Gasteiger partial charge in [0.05, 0.1) is 5.69 Å². The van der Waals surface area contributed by atoms with Crippen LogP contribution in [0.25, 0.3) is 0 Å². The smallest absolute Gasteiger partial charge is 0.109 e. The van der Waals surface area contributed by atoms with Gasteiger partial charge in [0.25, 0.3) is 0 Å². The van der Waals surface area contributed by atoms with Crippen molar-refractivity contribution >= 4 is 0 Å².